The Morgan fingerprint density at radius 2 is 1.86 bits per heavy atom. The van der Waals surface area contributed by atoms with Gasteiger partial charge >= 0.3 is 0 Å². The lowest BCUT2D eigenvalue weighted by Gasteiger charge is -2.38. The van der Waals surface area contributed by atoms with Gasteiger partial charge in [0, 0.05) is 43.9 Å². The third kappa shape index (κ3) is 4.34. The van der Waals surface area contributed by atoms with Crippen LogP contribution in [0.1, 0.15) is 31.4 Å². The van der Waals surface area contributed by atoms with Crippen molar-refractivity contribution in [3.05, 3.63) is 36.0 Å². The maximum Gasteiger partial charge on any atom is 0.225 e. The van der Waals surface area contributed by atoms with E-state index in [4.69, 9.17) is 0 Å². The first-order valence-corrected chi connectivity index (χ1v) is 10.4. The van der Waals surface area contributed by atoms with Gasteiger partial charge in [-0.3, -0.25) is 4.79 Å². The van der Waals surface area contributed by atoms with E-state index in [1.165, 1.54) is 0 Å². The Morgan fingerprint density at radius 1 is 1.10 bits per heavy atom. The average Bonchev–Trinajstić information content (AvgIpc) is 2.73. The highest BCUT2D eigenvalue weighted by atomic mass is 16.3. The van der Waals surface area contributed by atoms with Gasteiger partial charge in [-0.15, -0.1) is 0 Å². The number of amides is 1. The summed E-state index contributed by atoms with van der Waals surface area (Å²) in [4.78, 5) is 26.1. The van der Waals surface area contributed by atoms with E-state index < -0.39 is 0 Å². The van der Waals surface area contributed by atoms with Crippen molar-refractivity contribution in [1.82, 2.24) is 14.9 Å². The second-order valence-corrected chi connectivity index (χ2v) is 8.04. The molecule has 2 heterocycles. The summed E-state index contributed by atoms with van der Waals surface area (Å²) in [5.74, 6) is 1.62. The maximum atomic E-state index is 12.8. The number of aromatic nitrogens is 2. The lowest BCUT2D eigenvalue weighted by Crippen LogP contribution is -2.51. The van der Waals surface area contributed by atoms with Crippen molar-refractivity contribution in [3.63, 3.8) is 0 Å². The molecule has 0 radical (unpaired) electrons. The minimum atomic E-state index is -0.337. The normalized spacial score (nSPS) is 22.6. The smallest absolute Gasteiger partial charge is 0.225 e. The first kappa shape index (κ1) is 19.6. The lowest BCUT2D eigenvalue weighted by atomic mass is 9.86. The molecule has 1 saturated carbocycles. The Hall–Kier alpha value is -2.67. The van der Waals surface area contributed by atoms with Gasteiger partial charge in [-0.05, 0) is 38.3 Å². The van der Waals surface area contributed by atoms with Gasteiger partial charge in [0.25, 0.3) is 0 Å². The summed E-state index contributed by atoms with van der Waals surface area (Å²) in [6.07, 6.45) is 2.87. The number of carbonyl (C=O) groups is 1. The number of aromatic hydroxyl groups is 1. The second-order valence-electron chi connectivity index (χ2n) is 8.04. The van der Waals surface area contributed by atoms with E-state index >= 15 is 0 Å². The van der Waals surface area contributed by atoms with E-state index in [0.29, 0.717) is 44.0 Å². The largest absolute Gasteiger partial charge is 0.507 e. The predicted octanol–water partition coefficient (Wildman–Crippen LogP) is 2.36. The van der Waals surface area contributed by atoms with Crippen molar-refractivity contribution in [1.29, 1.82) is 0 Å². The number of phenols is 1. The summed E-state index contributed by atoms with van der Waals surface area (Å²) in [5.41, 5.74) is 1.45. The summed E-state index contributed by atoms with van der Waals surface area (Å²) in [7, 11) is 0. The van der Waals surface area contributed by atoms with Crippen LogP contribution < -0.4 is 4.90 Å². The van der Waals surface area contributed by atoms with Gasteiger partial charge in [0.15, 0.2) is 5.82 Å². The number of hydrogen-bond acceptors (Lipinski definition) is 6. The van der Waals surface area contributed by atoms with Gasteiger partial charge in [0.2, 0.25) is 5.91 Å². The van der Waals surface area contributed by atoms with Crippen LogP contribution in [-0.2, 0) is 4.79 Å². The van der Waals surface area contributed by atoms with Crippen LogP contribution in [0.3, 0.4) is 0 Å². The van der Waals surface area contributed by atoms with Crippen molar-refractivity contribution in [3.8, 4) is 17.1 Å². The molecule has 0 bridgehead atoms. The van der Waals surface area contributed by atoms with Crippen LogP contribution >= 0.6 is 0 Å². The molecule has 1 aromatic heterocycles. The molecule has 1 saturated heterocycles. The number of benzene rings is 1. The molecule has 2 atom stereocenters. The van der Waals surface area contributed by atoms with Crippen LogP contribution in [0.2, 0.25) is 0 Å². The van der Waals surface area contributed by atoms with E-state index in [1.54, 1.807) is 12.1 Å². The SMILES string of the molecule is Cc1cc(N2CCN(C(=O)[C@H]3CCC[C@@H](O)C3)CC2)nc(-c2ccccc2O)n1. The van der Waals surface area contributed by atoms with Gasteiger partial charge in [0.1, 0.15) is 11.6 Å². The Labute approximate surface area is 171 Å². The van der Waals surface area contributed by atoms with Gasteiger partial charge in [-0.2, -0.15) is 0 Å². The molecular formula is C22H28N4O3. The lowest BCUT2D eigenvalue weighted by molar-refractivity contribution is -0.138. The highest BCUT2D eigenvalue weighted by molar-refractivity contribution is 5.79. The van der Waals surface area contributed by atoms with Crippen molar-refractivity contribution in [2.24, 2.45) is 5.92 Å². The van der Waals surface area contributed by atoms with Gasteiger partial charge < -0.3 is 20.0 Å². The fourth-order valence-corrected chi connectivity index (χ4v) is 4.30. The molecule has 2 aromatic rings. The summed E-state index contributed by atoms with van der Waals surface area (Å²) in [6, 6.07) is 9.01. The molecular weight excluding hydrogens is 368 g/mol. The van der Waals surface area contributed by atoms with E-state index in [-0.39, 0.29) is 23.7 Å². The van der Waals surface area contributed by atoms with Crippen molar-refractivity contribution in [2.45, 2.75) is 38.7 Å². The molecule has 7 heteroatoms. The zero-order chi connectivity index (χ0) is 20.4. The van der Waals surface area contributed by atoms with Crippen LogP contribution in [0, 0.1) is 12.8 Å². The third-order valence-electron chi connectivity index (χ3n) is 5.90. The second kappa shape index (κ2) is 8.37. The van der Waals surface area contributed by atoms with Crippen LogP contribution in [-0.4, -0.2) is 63.3 Å². The highest BCUT2D eigenvalue weighted by Crippen LogP contribution is 2.29. The van der Waals surface area contributed by atoms with Crippen LogP contribution in [0.15, 0.2) is 30.3 Å². The number of phenolic OH excluding ortho intramolecular Hbond substituents is 1. The molecule has 154 valence electrons. The highest BCUT2D eigenvalue weighted by Gasteiger charge is 2.31. The quantitative estimate of drug-likeness (QED) is 0.828. The molecule has 1 aliphatic heterocycles. The van der Waals surface area contributed by atoms with E-state index in [9.17, 15) is 15.0 Å². The number of piperazine rings is 1. The van der Waals surface area contributed by atoms with Gasteiger partial charge in [-0.25, -0.2) is 9.97 Å². The predicted molar refractivity (Wildman–Crippen MR) is 111 cm³/mol. The minimum Gasteiger partial charge on any atom is -0.507 e. The number of carbonyl (C=O) groups excluding carboxylic acids is 1. The number of nitrogens with zero attached hydrogens (tertiary/aromatic N) is 4. The Bertz CT molecular complexity index is 880. The molecule has 1 amide bonds. The first-order valence-electron chi connectivity index (χ1n) is 10.4. The summed E-state index contributed by atoms with van der Waals surface area (Å²) in [5, 5.41) is 20.0. The van der Waals surface area contributed by atoms with E-state index in [0.717, 1.165) is 30.8 Å². The molecule has 0 unspecified atom stereocenters. The standard InChI is InChI=1S/C22H28N4O3/c1-15-13-20(24-21(23-15)18-7-2-3-8-19(18)28)25-9-11-26(12-10-25)22(29)16-5-4-6-17(27)14-16/h2-3,7-8,13,16-17,27-28H,4-6,9-12,14H2,1H3/t16-,17+/m0/s1. The fourth-order valence-electron chi connectivity index (χ4n) is 4.30. The summed E-state index contributed by atoms with van der Waals surface area (Å²) < 4.78 is 0. The van der Waals surface area contributed by atoms with Crippen LogP contribution in [0.25, 0.3) is 11.4 Å². The molecule has 1 aromatic carbocycles. The first-order chi connectivity index (χ1) is 14.0. The number of aryl methyl sites for hydroxylation is 1. The van der Waals surface area contributed by atoms with E-state index in [1.807, 2.05) is 30.0 Å². The number of hydrogen-bond donors (Lipinski definition) is 2. The molecule has 7 nitrogen and oxygen atoms in total. The number of rotatable bonds is 3. The topological polar surface area (TPSA) is 89.8 Å². The molecule has 2 aliphatic rings. The van der Waals surface area contributed by atoms with Gasteiger partial charge in [0.05, 0.1) is 11.7 Å². The monoisotopic (exact) mass is 396 g/mol. The van der Waals surface area contributed by atoms with E-state index in [2.05, 4.69) is 14.9 Å². The molecule has 1 aliphatic carbocycles. The maximum absolute atomic E-state index is 12.8. The summed E-state index contributed by atoms with van der Waals surface area (Å²) >= 11 is 0. The number of aliphatic hydroxyl groups excluding tert-OH is 1. The van der Waals surface area contributed by atoms with Crippen molar-refractivity contribution < 1.29 is 15.0 Å². The number of aliphatic hydroxyl groups is 1. The Balaban J connectivity index is 1.45. The summed E-state index contributed by atoms with van der Waals surface area (Å²) in [6.45, 7) is 4.64. The Morgan fingerprint density at radius 3 is 2.59 bits per heavy atom. The third-order valence-corrected chi connectivity index (χ3v) is 5.90. The zero-order valence-corrected chi connectivity index (χ0v) is 16.8. The van der Waals surface area contributed by atoms with Crippen molar-refractivity contribution in [2.75, 3.05) is 31.1 Å². The van der Waals surface area contributed by atoms with Crippen molar-refractivity contribution >= 4 is 11.7 Å². The minimum absolute atomic E-state index is 0.0424. The van der Waals surface area contributed by atoms with Crippen LogP contribution in [0.4, 0.5) is 5.82 Å². The van der Waals surface area contributed by atoms with Gasteiger partial charge in [-0.1, -0.05) is 18.6 Å². The average molecular weight is 396 g/mol. The molecule has 2 fully saturated rings. The molecule has 29 heavy (non-hydrogen) atoms. The molecule has 0 spiro atoms. The number of anilines is 1. The fraction of sp³-hybridized carbons (Fsp3) is 0.500. The number of para-hydroxylation sites is 1. The van der Waals surface area contributed by atoms with Crippen LogP contribution in [0.5, 0.6) is 5.75 Å². The Kier molecular flexibility index (Phi) is 5.67. The zero-order valence-electron chi connectivity index (χ0n) is 16.8. The molecule has 2 N–H and O–H groups in total. The molecule has 4 rings (SSSR count).